The first-order valence-corrected chi connectivity index (χ1v) is 6.29. The molecule has 0 atom stereocenters. The predicted molar refractivity (Wildman–Crippen MR) is 51.8 cm³/mol. The Morgan fingerprint density at radius 1 is 1.47 bits per heavy atom. The van der Waals surface area contributed by atoms with Crippen LogP contribution in [0, 0.1) is 0 Å². The second-order valence-corrected chi connectivity index (χ2v) is 4.84. The number of nitrogens with zero attached hydrogens (tertiary/aromatic N) is 2. The van der Waals surface area contributed by atoms with Crippen LogP contribution >= 0.6 is 11.3 Å². The number of hydrogen-bond donors (Lipinski definition) is 1. The molecule has 0 aliphatic rings. The molecule has 0 spiro atoms. The van der Waals surface area contributed by atoms with Crippen molar-refractivity contribution in [3.05, 3.63) is 5.01 Å². The van der Waals surface area contributed by atoms with Gasteiger partial charge in [0.15, 0.2) is 10.3 Å². The summed E-state index contributed by atoms with van der Waals surface area (Å²) in [6.07, 6.45) is 2.76. The van der Waals surface area contributed by atoms with Crippen molar-refractivity contribution in [2.75, 3.05) is 4.72 Å². The smallest absolute Gasteiger partial charge is 0.731 e. The standard InChI is InChI=1S/C6H11N3O3S2.Na/c1-2-3-4-5-7-8-6(13-5)9-14(10,11)12;/h2-4H2,1H3,(H,8,9)(H,10,11,12);/q;+1/p-1. The van der Waals surface area contributed by atoms with Gasteiger partial charge >= 0.3 is 29.6 Å². The summed E-state index contributed by atoms with van der Waals surface area (Å²) in [5.74, 6) is 0. The van der Waals surface area contributed by atoms with E-state index < -0.39 is 10.3 Å². The Labute approximate surface area is 115 Å². The summed E-state index contributed by atoms with van der Waals surface area (Å²) in [5.41, 5.74) is 0. The summed E-state index contributed by atoms with van der Waals surface area (Å²) in [7, 11) is -4.48. The molecule has 1 aromatic heterocycles. The van der Waals surface area contributed by atoms with Gasteiger partial charge in [-0.2, -0.15) is 0 Å². The number of nitrogens with one attached hydrogen (secondary N) is 1. The van der Waals surface area contributed by atoms with Gasteiger partial charge in [0.25, 0.3) is 0 Å². The van der Waals surface area contributed by atoms with Crippen molar-refractivity contribution in [1.82, 2.24) is 10.2 Å². The number of anilines is 1. The minimum absolute atomic E-state index is 0. The molecule has 0 radical (unpaired) electrons. The van der Waals surface area contributed by atoms with Crippen LogP contribution in [0.1, 0.15) is 24.8 Å². The van der Waals surface area contributed by atoms with E-state index in [0.29, 0.717) is 0 Å². The van der Waals surface area contributed by atoms with Crippen LogP contribution in [-0.2, 0) is 16.7 Å². The fourth-order valence-electron chi connectivity index (χ4n) is 0.831. The van der Waals surface area contributed by atoms with Crippen LogP contribution in [0.2, 0.25) is 0 Å². The third-order valence-electron chi connectivity index (χ3n) is 1.42. The van der Waals surface area contributed by atoms with Gasteiger partial charge in [-0.3, -0.25) is 4.72 Å². The third-order valence-corrected chi connectivity index (χ3v) is 2.89. The molecule has 6 nitrogen and oxygen atoms in total. The molecule has 0 fully saturated rings. The van der Waals surface area contributed by atoms with Gasteiger partial charge in [0.2, 0.25) is 5.13 Å². The molecule has 0 aliphatic heterocycles. The van der Waals surface area contributed by atoms with Gasteiger partial charge in [0.1, 0.15) is 5.01 Å². The first-order chi connectivity index (χ1) is 6.51. The number of aryl methyl sites for hydroxylation is 1. The van der Waals surface area contributed by atoms with Crippen molar-refractivity contribution in [2.24, 2.45) is 0 Å². The van der Waals surface area contributed by atoms with Crippen LogP contribution in [0.5, 0.6) is 0 Å². The van der Waals surface area contributed by atoms with Gasteiger partial charge in [-0.15, -0.1) is 10.2 Å². The maximum absolute atomic E-state index is 10.3. The maximum Gasteiger partial charge on any atom is 1.00 e. The van der Waals surface area contributed by atoms with E-state index in [4.69, 9.17) is 0 Å². The first-order valence-electron chi connectivity index (χ1n) is 4.07. The summed E-state index contributed by atoms with van der Waals surface area (Å²) in [5, 5.41) is 8.04. The molecule has 0 saturated heterocycles. The third kappa shape index (κ3) is 6.44. The largest absolute Gasteiger partial charge is 1.00 e. The molecule has 9 heteroatoms. The zero-order valence-corrected chi connectivity index (χ0v) is 12.2. The molecule has 0 saturated carbocycles. The summed E-state index contributed by atoms with van der Waals surface area (Å²) in [6.45, 7) is 2.04. The molecule has 80 valence electrons. The van der Waals surface area contributed by atoms with E-state index in [-0.39, 0.29) is 34.7 Å². The van der Waals surface area contributed by atoms with E-state index in [9.17, 15) is 13.0 Å². The van der Waals surface area contributed by atoms with Crippen LogP contribution in [0.15, 0.2) is 0 Å². The topological polar surface area (TPSA) is 95.0 Å². The Balaban J connectivity index is 0.00000196. The van der Waals surface area contributed by atoms with Crippen LogP contribution in [0.25, 0.3) is 0 Å². The van der Waals surface area contributed by atoms with Crippen molar-refractivity contribution in [3.63, 3.8) is 0 Å². The second-order valence-electron chi connectivity index (χ2n) is 2.66. The van der Waals surface area contributed by atoms with Crippen LogP contribution < -0.4 is 34.3 Å². The molecule has 15 heavy (non-hydrogen) atoms. The van der Waals surface area contributed by atoms with E-state index in [1.54, 1.807) is 4.72 Å². The van der Waals surface area contributed by atoms with E-state index >= 15 is 0 Å². The van der Waals surface area contributed by atoms with Crippen molar-refractivity contribution >= 4 is 26.8 Å². The van der Waals surface area contributed by atoms with Gasteiger partial charge in [0, 0.05) is 6.42 Å². The zero-order chi connectivity index (χ0) is 10.6. The normalized spacial score (nSPS) is 10.8. The fraction of sp³-hybridized carbons (Fsp3) is 0.667. The molecular weight excluding hydrogens is 249 g/mol. The first kappa shape index (κ1) is 15.3. The molecule has 1 N–H and O–H groups in total. The summed E-state index contributed by atoms with van der Waals surface area (Å²) in [6, 6.07) is 0. The Morgan fingerprint density at radius 3 is 2.67 bits per heavy atom. The minimum Gasteiger partial charge on any atom is -0.731 e. The molecular formula is C6H10N3NaO3S2. The maximum atomic E-state index is 10.3. The Hall–Kier alpha value is 0.270. The Bertz CT molecular complexity index is 392. The number of hydrogen-bond acceptors (Lipinski definition) is 6. The monoisotopic (exact) mass is 259 g/mol. The average Bonchev–Trinajstić information content (AvgIpc) is 2.46. The van der Waals surface area contributed by atoms with Crippen molar-refractivity contribution in [3.8, 4) is 0 Å². The van der Waals surface area contributed by atoms with Crippen molar-refractivity contribution in [1.29, 1.82) is 0 Å². The summed E-state index contributed by atoms with van der Waals surface area (Å²) < 4.78 is 32.6. The number of aromatic nitrogens is 2. The number of rotatable bonds is 5. The molecule has 1 heterocycles. The van der Waals surface area contributed by atoms with Crippen molar-refractivity contribution < 1.29 is 42.5 Å². The minimum atomic E-state index is -4.48. The van der Waals surface area contributed by atoms with Gasteiger partial charge in [0.05, 0.1) is 0 Å². The Morgan fingerprint density at radius 2 is 2.13 bits per heavy atom. The van der Waals surface area contributed by atoms with E-state index in [1.807, 2.05) is 6.92 Å². The number of unbranched alkanes of at least 4 members (excludes halogenated alkanes) is 1. The SMILES string of the molecule is CCCCc1nnc(NS(=O)(=O)[O-])s1.[Na+]. The molecule has 0 aliphatic carbocycles. The van der Waals surface area contributed by atoms with Gasteiger partial charge < -0.3 is 4.55 Å². The predicted octanol–water partition coefficient (Wildman–Crippen LogP) is -2.24. The molecule has 0 bridgehead atoms. The molecule has 1 rings (SSSR count). The van der Waals surface area contributed by atoms with E-state index in [0.717, 1.165) is 35.6 Å². The van der Waals surface area contributed by atoms with Crippen LogP contribution in [0.3, 0.4) is 0 Å². The molecule has 1 aromatic rings. The summed E-state index contributed by atoms with van der Waals surface area (Å²) in [4.78, 5) is 0. The van der Waals surface area contributed by atoms with Crippen molar-refractivity contribution in [2.45, 2.75) is 26.2 Å². The Kier molecular flexibility index (Phi) is 6.89. The average molecular weight is 259 g/mol. The fourth-order valence-corrected chi connectivity index (χ4v) is 2.19. The quantitative estimate of drug-likeness (QED) is 0.476. The zero-order valence-electron chi connectivity index (χ0n) is 8.56. The van der Waals surface area contributed by atoms with E-state index in [2.05, 4.69) is 10.2 Å². The van der Waals surface area contributed by atoms with Gasteiger partial charge in [-0.25, -0.2) is 8.42 Å². The summed E-state index contributed by atoms with van der Waals surface area (Å²) >= 11 is 1.09. The van der Waals surface area contributed by atoms with Crippen LogP contribution in [-0.4, -0.2) is 23.2 Å². The molecule has 0 aromatic carbocycles. The molecule has 0 amide bonds. The van der Waals surface area contributed by atoms with Gasteiger partial charge in [-0.05, 0) is 6.42 Å². The van der Waals surface area contributed by atoms with E-state index in [1.165, 1.54) is 0 Å². The second kappa shape index (κ2) is 6.77. The van der Waals surface area contributed by atoms with Crippen LogP contribution in [0.4, 0.5) is 5.13 Å². The van der Waals surface area contributed by atoms with Gasteiger partial charge in [-0.1, -0.05) is 24.7 Å². The molecule has 0 unspecified atom stereocenters.